The van der Waals surface area contributed by atoms with Crippen LogP contribution >= 0.6 is 23.4 Å². The molecular weight excluding hydrogens is 218 g/mol. The number of benzene rings is 1. The summed E-state index contributed by atoms with van der Waals surface area (Å²) in [7, 11) is 0. The molecule has 0 N–H and O–H groups in total. The summed E-state index contributed by atoms with van der Waals surface area (Å²) in [6, 6.07) is 7.77. The van der Waals surface area contributed by atoms with E-state index in [-0.39, 0.29) is 0 Å². The Morgan fingerprint density at radius 1 is 1.36 bits per heavy atom. The predicted octanol–water partition coefficient (Wildman–Crippen LogP) is 3.55. The Labute approximate surface area is 91.6 Å². The van der Waals surface area contributed by atoms with Crippen LogP contribution < -0.4 is 0 Å². The maximum absolute atomic E-state index is 5.58. The van der Waals surface area contributed by atoms with Gasteiger partial charge < -0.3 is 4.42 Å². The number of aromatic nitrogens is 1. The lowest BCUT2D eigenvalue weighted by Crippen LogP contribution is -1.80. The van der Waals surface area contributed by atoms with Gasteiger partial charge in [0.2, 0.25) is 0 Å². The number of thioether (sulfide) groups is 1. The second-order valence-corrected chi connectivity index (χ2v) is 4.26. The largest absolute Gasteiger partial charge is 0.431 e. The summed E-state index contributed by atoms with van der Waals surface area (Å²) in [5.74, 6) is 1.64. The lowest BCUT2D eigenvalue weighted by Gasteiger charge is -1.91. The first-order chi connectivity index (χ1) is 6.90. The molecule has 1 heterocycles. The van der Waals surface area contributed by atoms with E-state index in [0.29, 0.717) is 5.88 Å². The fourth-order valence-corrected chi connectivity index (χ4v) is 2.19. The van der Waals surface area contributed by atoms with Gasteiger partial charge in [0.1, 0.15) is 5.52 Å². The quantitative estimate of drug-likeness (QED) is 0.454. The Bertz CT molecular complexity index is 382. The molecule has 1 aromatic carbocycles. The number of oxazole rings is 1. The Hall–Kier alpha value is -0.670. The molecule has 2 nitrogen and oxygen atoms in total. The molecule has 0 unspecified atom stereocenters. The van der Waals surface area contributed by atoms with Crippen molar-refractivity contribution >= 4 is 34.5 Å². The van der Waals surface area contributed by atoms with Crippen molar-refractivity contribution in [3.63, 3.8) is 0 Å². The molecule has 0 spiro atoms. The van der Waals surface area contributed by atoms with Crippen molar-refractivity contribution in [2.75, 3.05) is 11.6 Å². The van der Waals surface area contributed by atoms with E-state index in [1.807, 2.05) is 24.3 Å². The molecule has 2 rings (SSSR count). The topological polar surface area (TPSA) is 26.0 Å². The van der Waals surface area contributed by atoms with E-state index in [2.05, 4.69) is 4.98 Å². The number of alkyl halides is 1. The molecule has 1 aromatic heterocycles. The van der Waals surface area contributed by atoms with Crippen LogP contribution in [0.15, 0.2) is 33.9 Å². The van der Waals surface area contributed by atoms with Gasteiger partial charge >= 0.3 is 0 Å². The van der Waals surface area contributed by atoms with Crippen molar-refractivity contribution in [1.82, 2.24) is 4.98 Å². The molecule has 4 heteroatoms. The van der Waals surface area contributed by atoms with Crippen molar-refractivity contribution < 1.29 is 4.42 Å². The summed E-state index contributed by atoms with van der Waals surface area (Å²) in [6.07, 6.45) is 0.977. The van der Waals surface area contributed by atoms with Crippen LogP contribution in [0.1, 0.15) is 6.42 Å². The van der Waals surface area contributed by atoms with Gasteiger partial charge in [0, 0.05) is 11.6 Å². The van der Waals surface area contributed by atoms with E-state index in [1.54, 1.807) is 11.8 Å². The minimum absolute atomic E-state index is 0.688. The van der Waals surface area contributed by atoms with Crippen LogP contribution in [0.2, 0.25) is 0 Å². The molecule has 0 radical (unpaired) electrons. The van der Waals surface area contributed by atoms with Gasteiger partial charge in [-0.15, -0.1) is 11.6 Å². The summed E-state index contributed by atoms with van der Waals surface area (Å²) in [4.78, 5) is 4.34. The number of nitrogens with zero attached hydrogens (tertiary/aromatic N) is 1. The lowest BCUT2D eigenvalue weighted by molar-refractivity contribution is 0.489. The second-order valence-electron chi connectivity index (χ2n) is 2.84. The van der Waals surface area contributed by atoms with Crippen LogP contribution in [0.3, 0.4) is 0 Å². The Morgan fingerprint density at radius 3 is 3.00 bits per heavy atom. The highest BCUT2D eigenvalue weighted by Crippen LogP contribution is 2.23. The summed E-state index contributed by atoms with van der Waals surface area (Å²) in [5.41, 5.74) is 1.77. The van der Waals surface area contributed by atoms with E-state index >= 15 is 0 Å². The van der Waals surface area contributed by atoms with E-state index in [1.165, 1.54) is 0 Å². The fourth-order valence-electron chi connectivity index (χ4n) is 1.13. The number of hydrogen-bond donors (Lipinski definition) is 0. The SMILES string of the molecule is ClCCCSc1nc2ccccc2o1. The molecule has 0 atom stereocenters. The molecule has 0 aliphatic rings. The Morgan fingerprint density at radius 2 is 2.21 bits per heavy atom. The van der Waals surface area contributed by atoms with Gasteiger partial charge in [0.05, 0.1) is 0 Å². The number of para-hydroxylation sites is 2. The van der Waals surface area contributed by atoms with E-state index < -0.39 is 0 Å². The molecule has 0 saturated heterocycles. The summed E-state index contributed by atoms with van der Waals surface area (Å²) >= 11 is 7.19. The zero-order chi connectivity index (χ0) is 9.80. The van der Waals surface area contributed by atoms with Gasteiger partial charge in [-0.2, -0.15) is 0 Å². The van der Waals surface area contributed by atoms with Gasteiger partial charge in [-0.25, -0.2) is 4.98 Å². The van der Waals surface area contributed by atoms with Gasteiger partial charge in [-0.05, 0) is 18.6 Å². The molecule has 0 aliphatic heterocycles. The highest BCUT2D eigenvalue weighted by molar-refractivity contribution is 7.99. The Kier molecular flexibility index (Phi) is 3.32. The molecule has 2 aromatic rings. The smallest absolute Gasteiger partial charge is 0.256 e. The highest BCUT2D eigenvalue weighted by atomic mass is 35.5. The first-order valence-electron chi connectivity index (χ1n) is 4.44. The van der Waals surface area contributed by atoms with Gasteiger partial charge in [-0.1, -0.05) is 23.9 Å². The van der Waals surface area contributed by atoms with Crippen LogP contribution in [0.25, 0.3) is 11.1 Å². The van der Waals surface area contributed by atoms with Crippen LogP contribution in [0.5, 0.6) is 0 Å². The molecule has 0 fully saturated rings. The van der Waals surface area contributed by atoms with Crippen molar-refractivity contribution in [2.24, 2.45) is 0 Å². The average Bonchev–Trinajstić information content (AvgIpc) is 2.60. The van der Waals surface area contributed by atoms with Gasteiger partial charge in [0.15, 0.2) is 5.58 Å². The summed E-state index contributed by atoms with van der Waals surface area (Å²) < 4.78 is 5.52. The van der Waals surface area contributed by atoms with Crippen LogP contribution in [0, 0.1) is 0 Å². The third kappa shape index (κ3) is 2.22. The minimum atomic E-state index is 0.688. The highest BCUT2D eigenvalue weighted by Gasteiger charge is 2.04. The number of fused-ring (bicyclic) bond motifs is 1. The van der Waals surface area contributed by atoms with Crippen molar-refractivity contribution in [3.8, 4) is 0 Å². The van der Waals surface area contributed by atoms with Gasteiger partial charge in [0.25, 0.3) is 5.22 Å². The minimum Gasteiger partial charge on any atom is -0.431 e. The van der Waals surface area contributed by atoms with E-state index in [4.69, 9.17) is 16.0 Å². The summed E-state index contributed by atoms with van der Waals surface area (Å²) in [5, 5.41) is 0.733. The number of hydrogen-bond acceptors (Lipinski definition) is 3. The van der Waals surface area contributed by atoms with E-state index in [9.17, 15) is 0 Å². The third-order valence-corrected chi connectivity index (χ3v) is 2.96. The lowest BCUT2D eigenvalue weighted by atomic mass is 10.3. The second kappa shape index (κ2) is 4.71. The van der Waals surface area contributed by atoms with Crippen molar-refractivity contribution in [2.45, 2.75) is 11.6 Å². The molecule has 0 amide bonds. The monoisotopic (exact) mass is 227 g/mol. The van der Waals surface area contributed by atoms with Crippen LogP contribution in [-0.2, 0) is 0 Å². The third-order valence-electron chi connectivity index (χ3n) is 1.78. The normalized spacial score (nSPS) is 10.9. The molecule has 0 aliphatic carbocycles. The Balaban J connectivity index is 2.11. The zero-order valence-corrected chi connectivity index (χ0v) is 9.14. The molecule has 14 heavy (non-hydrogen) atoms. The molecule has 0 bridgehead atoms. The summed E-state index contributed by atoms with van der Waals surface area (Å²) in [6.45, 7) is 0. The van der Waals surface area contributed by atoms with Crippen LogP contribution in [0.4, 0.5) is 0 Å². The fraction of sp³-hybridized carbons (Fsp3) is 0.300. The van der Waals surface area contributed by atoms with Gasteiger partial charge in [-0.3, -0.25) is 0 Å². The molecule has 0 saturated carbocycles. The maximum atomic E-state index is 5.58. The van der Waals surface area contributed by atoms with Crippen LogP contribution in [-0.4, -0.2) is 16.6 Å². The number of rotatable bonds is 4. The zero-order valence-electron chi connectivity index (χ0n) is 7.57. The van der Waals surface area contributed by atoms with E-state index in [0.717, 1.165) is 28.5 Å². The van der Waals surface area contributed by atoms with Crippen molar-refractivity contribution in [1.29, 1.82) is 0 Å². The average molecular weight is 228 g/mol. The number of halogens is 1. The van der Waals surface area contributed by atoms with Crippen molar-refractivity contribution in [3.05, 3.63) is 24.3 Å². The maximum Gasteiger partial charge on any atom is 0.256 e. The standard InChI is InChI=1S/C10H10ClNOS/c11-6-3-7-14-10-12-8-4-1-2-5-9(8)13-10/h1-2,4-5H,3,6-7H2. The molecular formula is C10H10ClNOS. The first kappa shape index (κ1) is 9.87. The molecule has 74 valence electrons. The first-order valence-corrected chi connectivity index (χ1v) is 5.96. The predicted molar refractivity (Wildman–Crippen MR) is 60.1 cm³/mol.